The number of piperidine rings is 1. The van der Waals surface area contributed by atoms with Gasteiger partial charge < -0.3 is 25.0 Å². The number of aliphatic imine (C=N–C) groups is 1. The molecule has 1 saturated heterocycles. The van der Waals surface area contributed by atoms with Crippen molar-refractivity contribution in [1.82, 2.24) is 20.1 Å². The number of rotatable bonds is 9. The topological polar surface area (TPSA) is 73.2 Å². The quantitative estimate of drug-likeness (QED) is 0.224. The number of likely N-dealkylation sites (tertiary alicyclic amines) is 1. The van der Waals surface area contributed by atoms with Crippen LogP contribution in [0.5, 0.6) is 0 Å². The third-order valence-electron chi connectivity index (χ3n) is 4.82. The molecule has 1 aliphatic heterocycles. The van der Waals surface area contributed by atoms with Gasteiger partial charge >= 0.3 is 0 Å². The molecule has 0 aliphatic carbocycles. The van der Waals surface area contributed by atoms with Gasteiger partial charge in [-0.05, 0) is 39.7 Å². The summed E-state index contributed by atoms with van der Waals surface area (Å²) in [5, 5.41) is 16.1. The minimum Gasteiger partial charge on any atom is -0.393 e. The van der Waals surface area contributed by atoms with Gasteiger partial charge in [0.25, 0.3) is 0 Å². The van der Waals surface area contributed by atoms with Crippen LogP contribution in [0.15, 0.2) is 10.4 Å². The van der Waals surface area contributed by atoms with E-state index in [-0.39, 0.29) is 36.2 Å². The minimum absolute atomic E-state index is 0. The van der Waals surface area contributed by atoms with E-state index < -0.39 is 0 Å². The van der Waals surface area contributed by atoms with Crippen molar-refractivity contribution in [3.63, 3.8) is 0 Å². The van der Waals surface area contributed by atoms with Crippen molar-refractivity contribution >= 4 is 41.3 Å². The van der Waals surface area contributed by atoms with Crippen molar-refractivity contribution in [3.05, 3.63) is 16.1 Å². The number of hydrogen-bond acceptors (Lipinski definition) is 6. The normalized spacial score (nSPS) is 17.2. The highest BCUT2D eigenvalue weighted by atomic mass is 127. The third kappa shape index (κ3) is 8.48. The Labute approximate surface area is 190 Å². The van der Waals surface area contributed by atoms with Gasteiger partial charge in [-0.2, -0.15) is 0 Å². The fraction of sp³-hybridized carbons (Fsp3) is 0.789. The summed E-state index contributed by atoms with van der Waals surface area (Å²) in [6, 6.07) is 0. The monoisotopic (exact) mass is 525 g/mol. The Bertz CT molecular complexity index is 578. The number of ether oxygens (including phenoxy) is 1. The summed E-state index contributed by atoms with van der Waals surface area (Å²) in [5.74, 6) is 0.918. The zero-order chi connectivity index (χ0) is 19.6. The Balaban J connectivity index is 0.00000392. The second kappa shape index (κ2) is 13.7. The van der Waals surface area contributed by atoms with E-state index >= 15 is 0 Å². The highest BCUT2D eigenvalue weighted by molar-refractivity contribution is 14.0. The van der Waals surface area contributed by atoms with Gasteiger partial charge in [-0.25, -0.2) is 4.98 Å². The standard InChI is InChI=1S/C19H35N5O2S.HI/c1-5-20-19(21-9-6-10-24-11-7-17(25)8-12-24)23(3)13-16-14-27-18(22-16)15(2)26-4;/h14-15,17,25H,5-13H2,1-4H3,(H,20,21);1H. The van der Waals surface area contributed by atoms with Gasteiger partial charge in [-0.15, -0.1) is 35.3 Å². The predicted molar refractivity (Wildman–Crippen MR) is 127 cm³/mol. The summed E-state index contributed by atoms with van der Waals surface area (Å²) in [6.07, 6.45) is 2.75. The Hall–Kier alpha value is -0.490. The molecule has 7 nitrogen and oxygen atoms in total. The van der Waals surface area contributed by atoms with Crippen LogP contribution in [0.4, 0.5) is 0 Å². The number of aliphatic hydroxyl groups excluding tert-OH is 1. The van der Waals surface area contributed by atoms with E-state index in [1.54, 1.807) is 18.4 Å². The number of aromatic nitrogens is 1. The molecule has 0 saturated carbocycles. The van der Waals surface area contributed by atoms with Crippen LogP contribution in [0.2, 0.25) is 0 Å². The molecular formula is C19H36IN5O2S. The van der Waals surface area contributed by atoms with Crippen molar-refractivity contribution in [2.24, 2.45) is 4.99 Å². The molecule has 1 atom stereocenters. The Morgan fingerprint density at radius 2 is 2.21 bits per heavy atom. The molecule has 2 heterocycles. The molecule has 0 aromatic carbocycles. The zero-order valence-corrected chi connectivity index (χ0v) is 20.7. The first kappa shape index (κ1) is 25.5. The lowest BCUT2D eigenvalue weighted by Crippen LogP contribution is -2.39. The van der Waals surface area contributed by atoms with Crippen LogP contribution in [0, 0.1) is 0 Å². The molecule has 162 valence electrons. The van der Waals surface area contributed by atoms with E-state index in [4.69, 9.17) is 9.73 Å². The Morgan fingerprint density at radius 1 is 1.50 bits per heavy atom. The summed E-state index contributed by atoms with van der Waals surface area (Å²) >= 11 is 1.64. The first-order valence-electron chi connectivity index (χ1n) is 9.90. The fourth-order valence-corrected chi connectivity index (χ4v) is 3.93. The average Bonchev–Trinajstić information content (AvgIpc) is 3.13. The number of hydrogen-bond donors (Lipinski definition) is 2. The van der Waals surface area contributed by atoms with E-state index in [0.717, 1.165) is 75.2 Å². The van der Waals surface area contributed by atoms with Gasteiger partial charge in [0.2, 0.25) is 0 Å². The second-order valence-corrected chi connectivity index (χ2v) is 7.96. The average molecular weight is 526 g/mol. The van der Waals surface area contributed by atoms with Crippen molar-refractivity contribution < 1.29 is 9.84 Å². The molecule has 0 amide bonds. The van der Waals surface area contributed by atoms with Crippen molar-refractivity contribution in [2.45, 2.75) is 51.9 Å². The van der Waals surface area contributed by atoms with Gasteiger partial charge in [-0.1, -0.05) is 0 Å². The molecule has 0 bridgehead atoms. The van der Waals surface area contributed by atoms with Crippen LogP contribution in [-0.2, 0) is 11.3 Å². The maximum Gasteiger partial charge on any atom is 0.194 e. The van der Waals surface area contributed by atoms with Crippen LogP contribution in [-0.4, -0.2) is 78.8 Å². The van der Waals surface area contributed by atoms with Gasteiger partial charge in [0.1, 0.15) is 11.1 Å². The zero-order valence-electron chi connectivity index (χ0n) is 17.6. The number of halogens is 1. The van der Waals surface area contributed by atoms with Crippen LogP contribution in [0.25, 0.3) is 0 Å². The molecular weight excluding hydrogens is 489 g/mol. The summed E-state index contributed by atoms with van der Waals surface area (Å²) in [4.78, 5) is 14.0. The molecule has 0 radical (unpaired) electrons. The minimum atomic E-state index is -0.105. The predicted octanol–water partition coefficient (Wildman–Crippen LogP) is 2.71. The number of nitrogens with one attached hydrogen (secondary N) is 1. The second-order valence-electron chi connectivity index (χ2n) is 7.07. The van der Waals surface area contributed by atoms with E-state index in [0.29, 0.717) is 0 Å². The number of nitrogens with zero attached hydrogens (tertiary/aromatic N) is 4. The number of aliphatic hydroxyl groups is 1. The lowest BCUT2D eigenvalue weighted by molar-refractivity contribution is 0.0824. The highest BCUT2D eigenvalue weighted by Gasteiger charge is 2.16. The van der Waals surface area contributed by atoms with E-state index in [1.807, 2.05) is 14.0 Å². The number of methoxy groups -OCH3 is 1. The first-order valence-corrected chi connectivity index (χ1v) is 10.8. The Kier molecular flexibility index (Phi) is 12.5. The van der Waals surface area contributed by atoms with Crippen molar-refractivity contribution in [3.8, 4) is 0 Å². The highest BCUT2D eigenvalue weighted by Crippen LogP contribution is 2.20. The molecule has 1 aromatic rings. The van der Waals surface area contributed by atoms with Gasteiger partial charge in [0, 0.05) is 45.7 Å². The number of guanidine groups is 1. The molecule has 1 unspecified atom stereocenters. The summed E-state index contributed by atoms with van der Waals surface area (Å²) in [6.45, 7) is 9.51. The SMILES string of the molecule is CCNC(=NCCCN1CCC(O)CC1)N(C)Cc1csc(C(C)OC)n1.I. The maximum absolute atomic E-state index is 9.58. The van der Waals surface area contributed by atoms with Crippen LogP contribution >= 0.6 is 35.3 Å². The summed E-state index contributed by atoms with van der Waals surface area (Å²) < 4.78 is 5.34. The maximum atomic E-state index is 9.58. The third-order valence-corrected chi connectivity index (χ3v) is 5.87. The molecule has 2 rings (SSSR count). The largest absolute Gasteiger partial charge is 0.393 e. The molecule has 1 fully saturated rings. The summed E-state index contributed by atoms with van der Waals surface area (Å²) in [7, 11) is 3.76. The summed E-state index contributed by atoms with van der Waals surface area (Å²) in [5.41, 5.74) is 1.04. The molecule has 1 aliphatic rings. The van der Waals surface area contributed by atoms with Crippen LogP contribution in [0.3, 0.4) is 0 Å². The molecule has 2 N–H and O–H groups in total. The lowest BCUT2D eigenvalue weighted by atomic mass is 10.1. The van der Waals surface area contributed by atoms with E-state index in [2.05, 4.69) is 32.4 Å². The van der Waals surface area contributed by atoms with Crippen molar-refractivity contribution in [1.29, 1.82) is 0 Å². The molecule has 28 heavy (non-hydrogen) atoms. The molecule has 1 aromatic heterocycles. The van der Waals surface area contributed by atoms with Crippen LogP contribution in [0.1, 0.15) is 49.9 Å². The van der Waals surface area contributed by atoms with E-state index in [1.165, 1.54) is 0 Å². The number of thiazole rings is 1. The fourth-order valence-electron chi connectivity index (χ4n) is 3.09. The first-order chi connectivity index (χ1) is 13.0. The van der Waals surface area contributed by atoms with Gasteiger partial charge in [-0.3, -0.25) is 4.99 Å². The van der Waals surface area contributed by atoms with Crippen molar-refractivity contribution in [2.75, 3.05) is 46.9 Å². The lowest BCUT2D eigenvalue weighted by Gasteiger charge is -2.29. The molecule has 0 spiro atoms. The smallest absolute Gasteiger partial charge is 0.194 e. The molecule has 9 heteroatoms. The van der Waals surface area contributed by atoms with Crippen LogP contribution < -0.4 is 5.32 Å². The van der Waals surface area contributed by atoms with Gasteiger partial charge in [0.15, 0.2) is 5.96 Å². The Morgan fingerprint density at radius 3 is 2.86 bits per heavy atom. The van der Waals surface area contributed by atoms with E-state index in [9.17, 15) is 5.11 Å². The van der Waals surface area contributed by atoms with Gasteiger partial charge in [0.05, 0.1) is 18.3 Å².